The Hall–Kier alpha value is -1.26. The van der Waals surface area contributed by atoms with Crippen LogP contribution in [0.4, 0.5) is 0 Å². The second-order valence-corrected chi connectivity index (χ2v) is 4.75. The van der Waals surface area contributed by atoms with Crippen LogP contribution in [-0.2, 0) is 0 Å². The molecule has 0 saturated carbocycles. The van der Waals surface area contributed by atoms with Crippen molar-refractivity contribution in [2.45, 2.75) is 25.7 Å². The molecule has 1 aliphatic rings. The largest absolute Gasteiger partial charge is 0.490 e. The predicted molar refractivity (Wildman–Crippen MR) is 75.0 cm³/mol. The van der Waals surface area contributed by atoms with Crippen molar-refractivity contribution >= 4 is 0 Å². The average Bonchev–Trinajstić information content (AvgIpc) is 2.47. The fraction of sp³-hybridized carbons (Fsp3) is 0.600. The van der Waals surface area contributed by atoms with Gasteiger partial charge < -0.3 is 19.9 Å². The number of aliphatic hydroxyl groups is 1. The van der Waals surface area contributed by atoms with E-state index in [0.717, 1.165) is 18.8 Å². The third-order valence-electron chi connectivity index (χ3n) is 3.38. The molecule has 2 rings (SSSR count). The number of aliphatic hydroxyl groups excluding tert-OH is 1. The fourth-order valence-corrected chi connectivity index (χ4v) is 2.46. The summed E-state index contributed by atoms with van der Waals surface area (Å²) in [4.78, 5) is 0. The third kappa shape index (κ3) is 3.85. The number of hydrogen-bond acceptors (Lipinski definition) is 4. The van der Waals surface area contributed by atoms with Gasteiger partial charge in [0.15, 0.2) is 11.5 Å². The molecule has 4 heteroatoms. The first-order chi connectivity index (χ1) is 9.35. The summed E-state index contributed by atoms with van der Waals surface area (Å²) in [6, 6.07) is 6.13. The maximum atomic E-state index is 8.83. The van der Waals surface area contributed by atoms with Crippen LogP contribution >= 0.6 is 0 Å². The quantitative estimate of drug-likeness (QED) is 0.825. The van der Waals surface area contributed by atoms with Gasteiger partial charge in [-0.1, -0.05) is 6.07 Å². The van der Waals surface area contributed by atoms with E-state index in [0.29, 0.717) is 24.9 Å². The highest BCUT2D eigenvalue weighted by Crippen LogP contribution is 2.33. The van der Waals surface area contributed by atoms with E-state index in [2.05, 4.69) is 17.4 Å². The van der Waals surface area contributed by atoms with Gasteiger partial charge in [0.1, 0.15) is 6.61 Å². The van der Waals surface area contributed by atoms with E-state index in [4.69, 9.17) is 14.6 Å². The van der Waals surface area contributed by atoms with Crippen LogP contribution < -0.4 is 14.8 Å². The van der Waals surface area contributed by atoms with Gasteiger partial charge in [-0.05, 0) is 49.9 Å². The predicted octanol–water partition coefficient (Wildman–Crippen LogP) is 1.92. The number of piperidine rings is 1. The summed E-state index contributed by atoms with van der Waals surface area (Å²) in [5.74, 6) is 2.04. The molecule has 1 fully saturated rings. The Morgan fingerprint density at radius 1 is 1.32 bits per heavy atom. The van der Waals surface area contributed by atoms with Gasteiger partial charge in [0.2, 0.25) is 0 Å². The van der Waals surface area contributed by atoms with Crippen molar-refractivity contribution in [1.82, 2.24) is 5.32 Å². The fourth-order valence-electron chi connectivity index (χ4n) is 2.46. The van der Waals surface area contributed by atoms with Gasteiger partial charge in [0.05, 0.1) is 13.2 Å². The Balaban J connectivity index is 2.14. The molecule has 106 valence electrons. The molecule has 4 nitrogen and oxygen atoms in total. The van der Waals surface area contributed by atoms with Crippen molar-refractivity contribution in [1.29, 1.82) is 0 Å². The minimum Gasteiger partial charge on any atom is -0.490 e. The molecule has 1 aromatic rings. The standard InChI is InChI=1S/C15H23NO3/c1-2-18-15-10-12(13-4-3-7-16-11-13)5-6-14(15)19-9-8-17/h5-6,10,13,16-17H,2-4,7-9,11H2,1H3. The third-order valence-corrected chi connectivity index (χ3v) is 3.38. The second-order valence-electron chi connectivity index (χ2n) is 4.75. The molecule has 1 heterocycles. The summed E-state index contributed by atoms with van der Waals surface area (Å²) in [6.07, 6.45) is 2.44. The molecular weight excluding hydrogens is 242 g/mol. The summed E-state index contributed by atoms with van der Waals surface area (Å²) in [5.41, 5.74) is 1.30. The van der Waals surface area contributed by atoms with E-state index >= 15 is 0 Å². The Morgan fingerprint density at radius 2 is 2.21 bits per heavy atom. The molecular formula is C15H23NO3. The first kappa shape index (κ1) is 14.2. The topological polar surface area (TPSA) is 50.7 Å². The average molecular weight is 265 g/mol. The molecule has 19 heavy (non-hydrogen) atoms. The summed E-state index contributed by atoms with van der Waals surface area (Å²) in [5, 5.41) is 12.3. The Bertz CT molecular complexity index is 389. The Labute approximate surface area is 114 Å². The van der Waals surface area contributed by atoms with E-state index < -0.39 is 0 Å². The zero-order valence-corrected chi connectivity index (χ0v) is 11.5. The van der Waals surface area contributed by atoms with Gasteiger partial charge >= 0.3 is 0 Å². The molecule has 0 radical (unpaired) electrons. The van der Waals surface area contributed by atoms with Crippen LogP contribution in [0.25, 0.3) is 0 Å². The highest BCUT2D eigenvalue weighted by molar-refractivity contribution is 5.44. The van der Waals surface area contributed by atoms with Crippen molar-refractivity contribution in [2.24, 2.45) is 0 Å². The SMILES string of the molecule is CCOc1cc(C2CCCNC2)ccc1OCCO. The molecule has 1 unspecified atom stereocenters. The smallest absolute Gasteiger partial charge is 0.161 e. The normalized spacial score (nSPS) is 19.2. The number of hydrogen-bond donors (Lipinski definition) is 2. The Morgan fingerprint density at radius 3 is 2.89 bits per heavy atom. The molecule has 2 N–H and O–H groups in total. The van der Waals surface area contributed by atoms with Gasteiger partial charge in [0.25, 0.3) is 0 Å². The van der Waals surface area contributed by atoms with Gasteiger partial charge in [-0.2, -0.15) is 0 Å². The number of ether oxygens (including phenoxy) is 2. The summed E-state index contributed by atoms with van der Waals surface area (Å²) < 4.78 is 11.1. The van der Waals surface area contributed by atoms with E-state index in [1.54, 1.807) is 0 Å². The van der Waals surface area contributed by atoms with Crippen molar-refractivity contribution < 1.29 is 14.6 Å². The molecule has 0 aromatic heterocycles. The molecule has 0 spiro atoms. The van der Waals surface area contributed by atoms with Gasteiger partial charge in [0, 0.05) is 6.54 Å². The first-order valence-electron chi connectivity index (χ1n) is 7.06. The van der Waals surface area contributed by atoms with Crippen molar-refractivity contribution in [2.75, 3.05) is 32.9 Å². The molecule has 1 saturated heterocycles. The summed E-state index contributed by atoms with van der Waals surface area (Å²) in [7, 11) is 0. The molecule has 1 atom stereocenters. The minimum atomic E-state index is 0.0138. The lowest BCUT2D eigenvalue weighted by Gasteiger charge is -2.24. The molecule has 1 aliphatic heterocycles. The van der Waals surface area contributed by atoms with E-state index in [-0.39, 0.29) is 6.61 Å². The van der Waals surface area contributed by atoms with E-state index in [1.807, 2.05) is 13.0 Å². The van der Waals surface area contributed by atoms with Gasteiger partial charge in [-0.25, -0.2) is 0 Å². The molecule has 0 bridgehead atoms. The van der Waals surface area contributed by atoms with Crippen LogP contribution in [0.2, 0.25) is 0 Å². The molecule has 0 amide bonds. The second kappa shape index (κ2) is 7.36. The van der Waals surface area contributed by atoms with Crippen LogP contribution in [0.5, 0.6) is 11.5 Å². The van der Waals surface area contributed by atoms with E-state index in [1.165, 1.54) is 18.4 Å². The number of rotatable bonds is 6. The lowest BCUT2D eigenvalue weighted by Crippen LogP contribution is -2.28. The van der Waals surface area contributed by atoms with E-state index in [9.17, 15) is 0 Å². The molecule has 1 aromatic carbocycles. The Kier molecular flexibility index (Phi) is 5.48. The van der Waals surface area contributed by atoms with Crippen LogP contribution in [-0.4, -0.2) is 38.0 Å². The number of nitrogens with one attached hydrogen (secondary N) is 1. The van der Waals surface area contributed by atoms with Crippen LogP contribution in [0.15, 0.2) is 18.2 Å². The first-order valence-corrected chi connectivity index (χ1v) is 7.06. The minimum absolute atomic E-state index is 0.0138. The maximum Gasteiger partial charge on any atom is 0.161 e. The zero-order chi connectivity index (χ0) is 13.5. The van der Waals surface area contributed by atoms with Crippen molar-refractivity contribution in [3.8, 4) is 11.5 Å². The van der Waals surface area contributed by atoms with Crippen LogP contribution in [0, 0.1) is 0 Å². The monoisotopic (exact) mass is 265 g/mol. The summed E-state index contributed by atoms with van der Waals surface area (Å²) in [6.45, 7) is 5.03. The number of benzene rings is 1. The highest BCUT2D eigenvalue weighted by Gasteiger charge is 2.17. The van der Waals surface area contributed by atoms with Crippen molar-refractivity contribution in [3.05, 3.63) is 23.8 Å². The lowest BCUT2D eigenvalue weighted by atomic mass is 9.91. The van der Waals surface area contributed by atoms with Gasteiger partial charge in [-0.15, -0.1) is 0 Å². The van der Waals surface area contributed by atoms with Crippen LogP contribution in [0.3, 0.4) is 0 Å². The lowest BCUT2D eigenvalue weighted by molar-refractivity contribution is 0.194. The highest BCUT2D eigenvalue weighted by atomic mass is 16.5. The molecule has 0 aliphatic carbocycles. The summed E-state index contributed by atoms with van der Waals surface area (Å²) >= 11 is 0. The van der Waals surface area contributed by atoms with Crippen LogP contribution in [0.1, 0.15) is 31.2 Å². The maximum absolute atomic E-state index is 8.83. The van der Waals surface area contributed by atoms with Crippen molar-refractivity contribution in [3.63, 3.8) is 0 Å². The van der Waals surface area contributed by atoms with Gasteiger partial charge in [-0.3, -0.25) is 0 Å². The zero-order valence-electron chi connectivity index (χ0n) is 11.5.